The van der Waals surface area contributed by atoms with Gasteiger partial charge in [0, 0.05) is 23.5 Å². The maximum Gasteiger partial charge on any atom is 0.266 e. The third-order valence-electron chi connectivity index (χ3n) is 8.57. The topological polar surface area (TPSA) is 132 Å². The molecule has 2 aromatic heterocycles. The maximum atomic E-state index is 14.1. The maximum absolute atomic E-state index is 14.1. The van der Waals surface area contributed by atoms with Crippen LogP contribution in [0.25, 0.3) is 22.5 Å². The fourth-order valence-corrected chi connectivity index (χ4v) is 7.51. The first-order chi connectivity index (χ1) is 21.6. The highest BCUT2D eigenvalue weighted by Gasteiger charge is 2.23. The lowest BCUT2D eigenvalue weighted by Crippen LogP contribution is -2.14. The average molecular weight is 655 g/mol. The van der Waals surface area contributed by atoms with Crippen molar-refractivity contribution in [2.75, 3.05) is 0 Å². The van der Waals surface area contributed by atoms with Gasteiger partial charge in [-0.3, -0.25) is 9.97 Å². The lowest BCUT2D eigenvalue weighted by Gasteiger charge is -2.23. The molecule has 0 aliphatic heterocycles. The van der Waals surface area contributed by atoms with E-state index < -0.39 is 30.8 Å². The summed E-state index contributed by atoms with van der Waals surface area (Å²) in [5.74, 6) is 0.0936. The molecule has 2 fully saturated rings. The molecule has 4 aromatic rings. The van der Waals surface area contributed by atoms with Crippen LogP contribution >= 0.6 is 0 Å². The molecule has 0 atom stereocenters. The Morgan fingerprint density at radius 1 is 0.689 bits per heavy atom. The highest BCUT2D eigenvalue weighted by molar-refractivity contribution is 7.89. The summed E-state index contributed by atoms with van der Waals surface area (Å²) in [6.07, 6.45) is 14.1. The molecule has 0 unspecified atom stereocenters. The van der Waals surface area contributed by atoms with E-state index in [4.69, 9.17) is 5.14 Å². The van der Waals surface area contributed by atoms with Crippen LogP contribution < -0.4 is 10.1 Å². The van der Waals surface area contributed by atoms with Crippen LogP contribution in [0.4, 0.5) is 8.87 Å². The summed E-state index contributed by atoms with van der Waals surface area (Å²) in [6, 6.07) is 18.1. The summed E-state index contributed by atoms with van der Waals surface area (Å²) in [4.78, 5) is 9.12. The Bertz CT molecular complexity index is 1840. The Labute approximate surface area is 263 Å². The summed E-state index contributed by atoms with van der Waals surface area (Å²) in [5, 5.41) is 4.99. The minimum atomic E-state index is -4.06. The number of benzene rings is 2. The molecule has 8 nitrogen and oxygen atoms in total. The number of rotatable bonds is 7. The number of hydrogen-bond acceptors (Lipinski definition) is 6. The van der Waals surface area contributed by atoms with Gasteiger partial charge in [-0.25, -0.2) is 26.4 Å². The lowest BCUT2D eigenvalue weighted by molar-refractivity contribution is 0.425. The molecule has 0 radical (unpaired) electrons. The summed E-state index contributed by atoms with van der Waals surface area (Å²) in [7, 11) is -8.12. The van der Waals surface area contributed by atoms with Crippen LogP contribution in [0.1, 0.15) is 80.8 Å². The molecular formula is C33H36F2N4O4S2. The van der Waals surface area contributed by atoms with Crippen LogP contribution in [0, 0.1) is 5.82 Å². The minimum absolute atomic E-state index is 0.0982. The van der Waals surface area contributed by atoms with Crippen LogP contribution in [0.2, 0.25) is 0 Å². The SMILES string of the molecule is NS(=O)(=O)c1ccc(-c2ncccc2C2CCCC2)cc1F.O=S(=O)(NF)c1ccc(-c2ncccc2C2CCCCC2)cc1. The van der Waals surface area contributed by atoms with Gasteiger partial charge in [0.2, 0.25) is 10.0 Å². The second-order valence-electron chi connectivity index (χ2n) is 11.5. The van der Waals surface area contributed by atoms with Crippen molar-refractivity contribution < 1.29 is 25.7 Å². The van der Waals surface area contributed by atoms with Crippen molar-refractivity contribution in [1.82, 2.24) is 14.9 Å². The number of nitrogens with two attached hydrogens (primary N) is 1. The third kappa shape index (κ3) is 7.81. The van der Waals surface area contributed by atoms with Crippen LogP contribution in [-0.4, -0.2) is 26.8 Å². The summed E-state index contributed by atoms with van der Waals surface area (Å²) in [6.45, 7) is 0. The van der Waals surface area contributed by atoms with Crippen LogP contribution in [-0.2, 0) is 20.0 Å². The molecule has 2 aromatic carbocycles. The van der Waals surface area contributed by atoms with Gasteiger partial charge in [-0.05, 0) is 90.0 Å². The Hall–Kier alpha value is -3.58. The van der Waals surface area contributed by atoms with Crippen LogP contribution in [0.15, 0.2) is 88.9 Å². The number of sulfonamides is 2. The van der Waals surface area contributed by atoms with Crippen molar-refractivity contribution in [2.24, 2.45) is 5.14 Å². The van der Waals surface area contributed by atoms with Crippen LogP contribution in [0.3, 0.4) is 0 Å². The first-order valence-electron chi connectivity index (χ1n) is 15.0. The second kappa shape index (κ2) is 14.2. The van der Waals surface area contributed by atoms with Crippen molar-refractivity contribution in [2.45, 2.75) is 79.4 Å². The molecule has 0 saturated heterocycles. The van der Waals surface area contributed by atoms with Gasteiger partial charge in [-0.15, -0.1) is 4.48 Å². The van der Waals surface area contributed by atoms with Gasteiger partial charge in [0.05, 0.1) is 16.3 Å². The quantitative estimate of drug-likeness (QED) is 0.204. The molecule has 0 amide bonds. The molecule has 3 N–H and O–H groups in total. The molecular weight excluding hydrogens is 619 g/mol. The van der Waals surface area contributed by atoms with E-state index in [0.29, 0.717) is 23.1 Å². The third-order valence-corrected chi connectivity index (χ3v) is 10.6. The van der Waals surface area contributed by atoms with E-state index in [2.05, 4.69) is 16.0 Å². The molecule has 0 spiro atoms. The van der Waals surface area contributed by atoms with Crippen molar-refractivity contribution in [1.29, 1.82) is 0 Å². The number of nitrogens with zero attached hydrogens (tertiary/aromatic N) is 2. The van der Waals surface area contributed by atoms with Gasteiger partial charge < -0.3 is 0 Å². The number of halogens is 2. The molecule has 0 bridgehead atoms. The zero-order chi connectivity index (χ0) is 32.0. The largest absolute Gasteiger partial charge is 0.266 e. The average Bonchev–Trinajstić information content (AvgIpc) is 3.60. The Morgan fingerprint density at radius 2 is 1.18 bits per heavy atom. The van der Waals surface area contributed by atoms with E-state index in [9.17, 15) is 25.7 Å². The fourth-order valence-electron chi connectivity index (χ4n) is 6.34. The first kappa shape index (κ1) is 32.8. The van der Waals surface area contributed by atoms with Gasteiger partial charge in [0.15, 0.2) is 0 Å². The zero-order valence-corrected chi connectivity index (χ0v) is 26.3. The van der Waals surface area contributed by atoms with E-state index >= 15 is 0 Å². The zero-order valence-electron chi connectivity index (χ0n) is 24.7. The summed E-state index contributed by atoms with van der Waals surface area (Å²) < 4.78 is 71.9. The molecule has 6 rings (SSSR count). The van der Waals surface area contributed by atoms with Gasteiger partial charge in [0.1, 0.15) is 10.7 Å². The van der Waals surface area contributed by atoms with E-state index in [1.165, 1.54) is 61.9 Å². The van der Waals surface area contributed by atoms with E-state index in [1.807, 2.05) is 18.2 Å². The number of aromatic nitrogens is 2. The highest BCUT2D eigenvalue weighted by atomic mass is 32.2. The fraction of sp³-hybridized carbons (Fsp3) is 0.333. The second-order valence-corrected chi connectivity index (χ2v) is 14.7. The van der Waals surface area contributed by atoms with Gasteiger partial charge in [0.25, 0.3) is 10.0 Å². The van der Waals surface area contributed by atoms with Gasteiger partial charge in [-0.1, -0.05) is 62.4 Å². The molecule has 2 heterocycles. The molecule has 45 heavy (non-hydrogen) atoms. The molecule has 2 saturated carbocycles. The van der Waals surface area contributed by atoms with Crippen molar-refractivity contribution in [3.05, 3.63) is 96.1 Å². The number of pyridine rings is 2. The van der Waals surface area contributed by atoms with E-state index in [0.717, 1.165) is 47.4 Å². The molecule has 12 heteroatoms. The Morgan fingerprint density at radius 3 is 1.67 bits per heavy atom. The first-order valence-corrected chi connectivity index (χ1v) is 18.1. The van der Waals surface area contributed by atoms with Crippen molar-refractivity contribution >= 4 is 20.0 Å². The monoisotopic (exact) mass is 654 g/mol. The standard InChI is InChI=1S/C17H19FN2O2S.C16H17FN2O2S/c18-20-23(21,22)15-10-8-14(9-11-15)17-16(7-4-12-19-17)13-5-2-1-3-6-13;17-14-10-12(7-8-15(14)22(18,20)21)16-13(6-3-9-19-16)11-4-1-2-5-11/h4,7-13,20H,1-3,5-6H2;3,6-11H,1-2,4-5H2,(H2,18,20,21). The smallest absolute Gasteiger partial charge is 0.256 e. The summed E-state index contributed by atoms with van der Waals surface area (Å²) in [5.41, 5.74) is 5.34. The molecule has 2 aliphatic rings. The van der Waals surface area contributed by atoms with E-state index in [1.54, 1.807) is 30.6 Å². The van der Waals surface area contributed by atoms with Crippen molar-refractivity contribution in [3.8, 4) is 22.5 Å². The minimum Gasteiger partial charge on any atom is -0.256 e. The van der Waals surface area contributed by atoms with Gasteiger partial charge in [-0.2, -0.15) is 0 Å². The molecule has 2 aliphatic carbocycles. The predicted molar refractivity (Wildman–Crippen MR) is 169 cm³/mol. The highest BCUT2D eigenvalue weighted by Crippen LogP contribution is 2.39. The Kier molecular flexibility index (Phi) is 10.4. The van der Waals surface area contributed by atoms with E-state index in [-0.39, 0.29) is 4.90 Å². The lowest BCUT2D eigenvalue weighted by atomic mass is 9.82. The molecule has 238 valence electrons. The summed E-state index contributed by atoms with van der Waals surface area (Å²) >= 11 is 0. The van der Waals surface area contributed by atoms with Gasteiger partial charge >= 0.3 is 0 Å². The Balaban J connectivity index is 0.000000178. The normalized spacial score (nSPS) is 16.2. The number of hydrogen-bond donors (Lipinski definition) is 2. The number of primary sulfonamides is 1. The number of nitrogens with one attached hydrogen (secondary N) is 1. The van der Waals surface area contributed by atoms with Crippen molar-refractivity contribution in [3.63, 3.8) is 0 Å². The van der Waals surface area contributed by atoms with Crippen LogP contribution in [0.5, 0.6) is 0 Å². The predicted octanol–water partition coefficient (Wildman–Crippen LogP) is 7.15.